The Labute approximate surface area is 119 Å². The molecule has 0 atom stereocenters. The highest BCUT2D eigenvalue weighted by Crippen LogP contribution is 2.11. The monoisotopic (exact) mass is 283 g/mol. The lowest BCUT2D eigenvalue weighted by Crippen LogP contribution is -2.36. The van der Waals surface area contributed by atoms with Crippen LogP contribution in [0.2, 0.25) is 0 Å². The molecule has 0 saturated heterocycles. The minimum absolute atomic E-state index is 0.172. The minimum Gasteiger partial charge on any atom is -0.293 e. The van der Waals surface area contributed by atoms with E-state index in [0.717, 1.165) is 37.9 Å². The van der Waals surface area contributed by atoms with Gasteiger partial charge in [-0.1, -0.05) is 19.8 Å². The van der Waals surface area contributed by atoms with Crippen LogP contribution in [0.15, 0.2) is 18.2 Å². The zero-order chi connectivity index (χ0) is 15.1. The maximum atomic E-state index is 13.1. The van der Waals surface area contributed by atoms with Gasteiger partial charge in [0.25, 0.3) is 0 Å². The summed E-state index contributed by atoms with van der Waals surface area (Å²) in [7, 11) is 0. The maximum absolute atomic E-state index is 13.1. The van der Waals surface area contributed by atoms with Crippen molar-refractivity contribution in [2.75, 3.05) is 13.1 Å². The number of benzene rings is 1. The van der Waals surface area contributed by atoms with Gasteiger partial charge in [0.15, 0.2) is 17.4 Å². The zero-order valence-electron chi connectivity index (χ0n) is 12.5. The first-order valence-electron chi connectivity index (χ1n) is 7.18. The van der Waals surface area contributed by atoms with Crippen LogP contribution in [0, 0.1) is 11.6 Å². The fraction of sp³-hybridized carbons (Fsp3) is 0.562. The molecule has 1 rings (SSSR count). The van der Waals surface area contributed by atoms with E-state index < -0.39 is 11.6 Å². The maximum Gasteiger partial charge on any atom is 0.176 e. The number of halogens is 2. The van der Waals surface area contributed by atoms with E-state index >= 15 is 0 Å². The number of unbranched alkanes of at least 4 members (excludes halogenated alkanes) is 2. The molecule has 0 radical (unpaired) electrons. The van der Waals surface area contributed by atoms with Gasteiger partial charge < -0.3 is 0 Å². The summed E-state index contributed by atoms with van der Waals surface area (Å²) in [6.45, 7) is 7.29. The summed E-state index contributed by atoms with van der Waals surface area (Å²) in [6.07, 6.45) is 3.30. The van der Waals surface area contributed by atoms with E-state index in [1.807, 2.05) is 13.8 Å². The van der Waals surface area contributed by atoms with Gasteiger partial charge in [-0.3, -0.25) is 9.69 Å². The Morgan fingerprint density at radius 3 is 2.45 bits per heavy atom. The highest BCUT2D eigenvalue weighted by Gasteiger charge is 2.16. The van der Waals surface area contributed by atoms with Gasteiger partial charge in [0.2, 0.25) is 0 Å². The third-order valence-corrected chi connectivity index (χ3v) is 3.37. The van der Waals surface area contributed by atoms with Crippen molar-refractivity contribution in [2.45, 2.75) is 46.1 Å². The van der Waals surface area contributed by atoms with Crippen LogP contribution in [0.4, 0.5) is 8.78 Å². The van der Waals surface area contributed by atoms with Crippen LogP contribution in [-0.4, -0.2) is 29.8 Å². The van der Waals surface area contributed by atoms with Gasteiger partial charge >= 0.3 is 0 Å². The Morgan fingerprint density at radius 1 is 1.20 bits per heavy atom. The van der Waals surface area contributed by atoms with Crippen LogP contribution >= 0.6 is 0 Å². The molecule has 2 nitrogen and oxygen atoms in total. The summed E-state index contributed by atoms with van der Waals surface area (Å²) in [5.74, 6) is -2.07. The Hall–Kier alpha value is -1.29. The third-order valence-electron chi connectivity index (χ3n) is 3.37. The molecule has 112 valence electrons. The van der Waals surface area contributed by atoms with Gasteiger partial charge in [0.05, 0.1) is 6.54 Å². The van der Waals surface area contributed by atoms with E-state index in [-0.39, 0.29) is 23.9 Å². The van der Waals surface area contributed by atoms with Crippen molar-refractivity contribution < 1.29 is 13.6 Å². The standard InChI is InChI=1S/C16H23F2NO/c1-4-5-6-9-19(12(2)3)11-16(20)13-7-8-14(17)15(18)10-13/h7-8,10,12H,4-6,9,11H2,1-3H3. The van der Waals surface area contributed by atoms with E-state index in [1.54, 1.807) is 0 Å². The summed E-state index contributed by atoms with van der Waals surface area (Å²) in [6, 6.07) is 3.56. The molecule has 0 saturated carbocycles. The summed E-state index contributed by atoms with van der Waals surface area (Å²) < 4.78 is 26.0. The number of carbonyl (C=O) groups is 1. The lowest BCUT2D eigenvalue weighted by atomic mass is 10.1. The number of rotatable bonds is 8. The molecule has 0 spiro atoms. The first kappa shape index (κ1) is 16.8. The molecule has 0 N–H and O–H groups in total. The van der Waals surface area contributed by atoms with E-state index in [2.05, 4.69) is 11.8 Å². The van der Waals surface area contributed by atoms with Crippen molar-refractivity contribution in [3.63, 3.8) is 0 Å². The first-order valence-corrected chi connectivity index (χ1v) is 7.18. The minimum atomic E-state index is -0.974. The Balaban J connectivity index is 2.67. The summed E-state index contributed by atoms with van der Waals surface area (Å²) in [4.78, 5) is 14.2. The van der Waals surface area contributed by atoms with Crippen molar-refractivity contribution in [2.24, 2.45) is 0 Å². The fourth-order valence-electron chi connectivity index (χ4n) is 2.03. The molecule has 0 bridgehead atoms. The summed E-state index contributed by atoms with van der Waals surface area (Å²) in [5.41, 5.74) is 0.227. The molecule has 0 aliphatic heterocycles. The van der Waals surface area contributed by atoms with Gasteiger partial charge in [-0.05, 0) is 45.0 Å². The largest absolute Gasteiger partial charge is 0.293 e. The van der Waals surface area contributed by atoms with Crippen LogP contribution in [0.3, 0.4) is 0 Å². The third kappa shape index (κ3) is 5.00. The Kier molecular flexibility index (Phi) is 6.79. The molecule has 1 aromatic carbocycles. The topological polar surface area (TPSA) is 20.3 Å². The van der Waals surface area contributed by atoms with Crippen molar-refractivity contribution in [3.8, 4) is 0 Å². The molecular weight excluding hydrogens is 260 g/mol. The average Bonchev–Trinajstić information content (AvgIpc) is 2.40. The highest BCUT2D eigenvalue weighted by molar-refractivity contribution is 5.97. The van der Waals surface area contributed by atoms with Crippen molar-refractivity contribution in [1.29, 1.82) is 0 Å². The van der Waals surface area contributed by atoms with Crippen LogP contribution in [-0.2, 0) is 0 Å². The van der Waals surface area contributed by atoms with Crippen LogP contribution in [0.25, 0.3) is 0 Å². The predicted molar refractivity (Wildman–Crippen MR) is 76.9 cm³/mol. The second kappa shape index (κ2) is 8.10. The summed E-state index contributed by atoms with van der Waals surface area (Å²) >= 11 is 0. The smallest absolute Gasteiger partial charge is 0.176 e. The second-order valence-corrected chi connectivity index (χ2v) is 5.32. The fourth-order valence-corrected chi connectivity index (χ4v) is 2.03. The Bertz CT molecular complexity index is 446. The van der Waals surface area contributed by atoms with Crippen molar-refractivity contribution >= 4 is 5.78 Å². The van der Waals surface area contributed by atoms with Crippen molar-refractivity contribution in [3.05, 3.63) is 35.4 Å². The van der Waals surface area contributed by atoms with Crippen molar-refractivity contribution in [1.82, 2.24) is 4.90 Å². The molecule has 0 aliphatic rings. The number of hydrogen-bond acceptors (Lipinski definition) is 2. The van der Waals surface area contributed by atoms with Gasteiger partial charge in [-0.2, -0.15) is 0 Å². The lowest BCUT2D eigenvalue weighted by Gasteiger charge is -2.25. The van der Waals surface area contributed by atoms with Crippen LogP contribution in [0.5, 0.6) is 0 Å². The molecular formula is C16H23F2NO. The first-order chi connectivity index (χ1) is 9.45. The van der Waals surface area contributed by atoms with Crippen LogP contribution in [0.1, 0.15) is 50.4 Å². The van der Waals surface area contributed by atoms with Gasteiger partial charge in [0, 0.05) is 11.6 Å². The highest BCUT2D eigenvalue weighted by atomic mass is 19.2. The molecule has 0 aliphatic carbocycles. The second-order valence-electron chi connectivity index (χ2n) is 5.32. The van der Waals surface area contributed by atoms with E-state index in [1.165, 1.54) is 6.07 Å². The molecule has 1 aromatic rings. The zero-order valence-corrected chi connectivity index (χ0v) is 12.5. The molecule has 0 fully saturated rings. The molecule has 4 heteroatoms. The van der Waals surface area contributed by atoms with Gasteiger partial charge in [0.1, 0.15) is 0 Å². The number of hydrogen-bond donors (Lipinski definition) is 0. The normalized spacial score (nSPS) is 11.3. The quantitative estimate of drug-likeness (QED) is 0.530. The SMILES string of the molecule is CCCCCN(CC(=O)c1ccc(F)c(F)c1)C(C)C. The predicted octanol–water partition coefficient (Wildman–Crippen LogP) is 4.05. The van der Waals surface area contributed by atoms with E-state index in [9.17, 15) is 13.6 Å². The van der Waals surface area contributed by atoms with Crippen LogP contribution < -0.4 is 0 Å². The molecule has 0 unspecified atom stereocenters. The average molecular weight is 283 g/mol. The van der Waals surface area contributed by atoms with Gasteiger partial charge in [-0.25, -0.2) is 8.78 Å². The number of carbonyl (C=O) groups excluding carboxylic acids is 1. The lowest BCUT2D eigenvalue weighted by molar-refractivity contribution is 0.0903. The van der Waals surface area contributed by atoms with E-state index in [4.69, 9.17) is 0 Å². The molecule has 0 heterocycles. The molecule has 0 aromatic heterocycles. The number of ketones is 1. The molecule has 0 amide bonds. The van der Waals surface area contributed by atoms with Gasteiger partial charge in [-0.15, -0.1) is 0 Å². The summed E-state index contributed by atoms with van der Waals surface area (Å²) in [5, 5.41) is 0. The number of Topliss-reactive ketones (excluding diaryl/α,β-unsaturated/α-hetero) is 1. The van der Waals surface area contributed by atoms with E-state index in [0.29, 0.717) is 0 Å². The Morgan fingerprint density at radius 2 is 1.90 bits per heavy atom. The molecule has 20 heavy (non-hydrogen) atoms. The number of nitrogens with zero attached hydrogens (tertiary/aromatic N) is 1.